The molecule has 1 N–H and O–H groups in total. The molecule has 22 heavy (non-hydrogen) atoms. The Morgan fingerprint density at radius 1 is 1.41 bits per heavy atom. The first kappa shape index (κ1) is 14.6. The van der Waals surface area contributed by atoms with E-state index in [2.05, 4.69) is 14.7 Å². The molecule has 1 aliphatic heterocycles. The summed E-state index contributed by atoms with van der Waals surface area (Å²) < 4.78 is 4.56. The van der Waals surface area contributed by atoms with Crippen LogP contribution in [0.3, 0.4) is 0 Å². The number of hydrogen-bond acceptors (Lipinski definition) is 4. The Bertz CT molecular complexity index is 662. The third-order valence-electron chi connectivity index (χ3n) is 4.09. The fourth-order valence-corrected chi connectivity index (χ4v) is 2.90. The summed E-state index contributed by atoms with van der Waals surface area (Å²) in [5, 5.41) is 0. The second-order valence-corrected chi connectivity index (χ2v) is 5.57. The van der Waals surface area contributed by atoms with Crippen LogP contribution in [0.4, 0.5) is 0 Å². The number of ether oxygens (including phenoxy) is 1. The maximum Gasteiger partial charge on any atom is 0.315 e. The number of rotatable bonds is 3. The third kappa shape index (κ3) is 2.95. The van der Waals surface area contributed by atoms with Gasteiger partial charge in [0, 0.05) is 19.0 Å². The largest absolute Gasteiger partial charge is 0.469 e. The lowest BCUT2D eigenvalue weighted by Gasteiger charge is -2.31. The van der Waals surface area contributed by atoms with Crippen LogP contribution in [0.1, 0.15) is 31.0 Å². The number of H-pyrrole nitrogens is 1. The molecule has 0 spiro atoms. The molecule has 1 atom stereocenters. The first-order valence-corrected chi connectivity index (χ1v) is 7.46. The predicted octanol–water partition coefficient (Wildman–Crippen LogP) is 1.83. The SMILES string of the molecule is COC(=O)CC(=O)N1CCCC(c2nc3ccccc3[nH]2)C1. The summed E-state index contributed by atoms with van der Waals surface area (Å²) in [6.07, 6.45) is 1.71. The quantitative estimate of drug-likeness (QED) is 0.693. The molecule has 2 heterocycles. The van der Waals surface area contributed by atoms with Crippen LogP contribution in [0.2, 0.25) is 0 Å². The first-order chi connectivity index (χ1) is 10.7. The molecule has 6 nitrogen and oxygen atoms in total. The average Bonchev–Trinajstić information content (AvgIpc) is 2.99. The molecule has 2 aromatic rings. The van der Waals surface area contributed by atoms with Crippen LogP contribution in [0.5, 0.6) is 0 Å². The van der Waals surface area contributed by atoms with E-state index in [-0.39, 0.29) is 18.2 Å². The fraction of sp³-hybridized carbons (Fsp3) is 0.438. The van der Waals surface area contributed by atoms with Gasteiger partial charge in [0.15, 0.2) is 0 Å². The molecule has 3 rings (SSSR count). The molecule has 0 bridgehead atoms. The Balaban J connectivity index is 1.72. The van der Waals surface area contributed by atoms with Gasteiger partial charge >= 0.3 is 5.97 Å². The summed E-state index contributed by atoms with van der Waals surface area (Å²) in [7, 11) is 1.29. The number of imidazole rings is 1. The van der Waals surface area contributed by atoms with Crippen LogP contribution < -0.4 is 0 Å². The van der Waals surface area contributed by atoms with E-state index in [0.29, 0.717) is 13.1 Å². The molecule has 0 radical (unpaired) electrons. The van der Waals surface area contributed by atoms with Gasteiger partial charge in [0.25, 0.3) is 0 Å². The molecular formula is C16H19N3O3. The monoisotopic (exact) mass is 301 g/mol. The van der Waals surface area contributed by atoms with Gasteiger partial charge in [-0.2, -0.15) is 0 Å². The van der Waals surface area contributed by atoms with Gasteiger partial charge < -0.3 is 14.6 Å². The summed E-state index contributed by atoms with van der Waals surface area (Å²) in [5.74, 6) is 0.433. The van der Waals surface area contributed by atoms with Crippen LogP contribution in [0.25, 0.3) is 11.0 Å². The molecule has 1 saturated heterocycles. The van der Waals surface area contributed by atoms with E-state index in [0.717, 1.165) is 29.7 Å². The number of aromatic nitrogens is 2. The molecule has 1 unspecified atom stereocenters. The van der Waals surface area contributed by atoms with Gasteiger partial charge in [0.1, 0.15) is 12.2 Å². The molecule has 1 aromatic carbocycles. The van der Waals surface area contributed by atoms with Crippen LogP contribution in [-0.4, -0.2) is 46.9 Å². The number of carbonyl (C=O) groups is 2. The Morgan fingerprint density at radius 2 is 2.23 bits per heavy atom. The highest BCUT2D eigenvalue weighted by Gasteiger charge is 2.27. The van der Waals surface area contributed by atoms with E-state index in [9.17, 15) is 9.59 Å². The van der Waals surface area contributed by atoms with Gasteiger partial charge in [-0.05, 0) is 25.0 Å². The smallest absolute Gasteiger partial charge is 0.315 e. The molecule has 1 fully saturated rings. The molecule has 1 aliphatic rings. The van der Waals surface area contributed by atoms with Gasteiger partial charge in [0.2, 0.25) is 5.91 Å². The number of piperidine rings is 1. The Hall–Kier alpha value is -2.37. The number of nitrogens with zero attached hydrogens (tertiary/aromatic N) is 2. The average molecular weight is 301 g/mol. The van der Waals surface area contributed by atoms with Crippen molar-refractivity contribution in [3.8, 4) is 0 Å². The van der Waals surface area contributed by atoms with Crippen molar-refractivity contribution in [2.45, 2.75) is 25.2 Å². The molecule has 1 aromatic heterocycles. The number of benzene rings is 1. The second kappa shape index (κ2) is 6.17. The topological polar surface area (TPSA) is 75.3 Å². The summed E-state index contributed by atoms with van der Waals surface area (Å²) >= 11 is 0. The van der Waals surface area contributed by atoms with E-state index < -0.39 is 5.97 Å². The van der Waals surface area contributed by atoms with Crippen molar-refractivity contribution < 1.29 is 14.3 Å². The van der Waals surface area contributed by atoms with Crippen molar-refractivity contribution in [3.05, 3.63) is 30.1 Å². The maximum absolute atomic E-state index is 12.1. The zero-order valence-corrected chi connectivity index (χ0v) is 12.5. The predicted molar refractivity (Wildman–Crippen MR) is 81.3 cm³/mol. The summed E-state index contributed by atoms with van der Waals surface area (Å²) in [5.41, 5.74) is 1.95. The van der Waals surface area contributed by atoms with Crippen LogP contribution >= 0.6 is 0 Å². The molecule has 1 amide bonds. The lowest BCUT2D eigenvalue weighted by Crippen LogP contribution is -2.40. The molecular weight excluding hydrogens is 282 g/mol. The number of amides is 1. The van der Waals surface area contributed by atoms with Crippen LogP contribution in [-0.2, 0) is 14.3 Å². The number of para-hydroxylation sites is 2. The number of carbonyl (C=O) groups excluding carboxylic acids is 2. The summed E-state index contributed by atoms with van der Waals surface area (Å²) in [4.78, 5) is 33.0. The fourth-order valence-electron chi connectivity index (χ4n) is 2.90. The van der Waals surface area contributed by atoms with Crippen molar-refractivity contribution in [1.82, 2.24) is 14.9 Å². The second-order valence-electron chi connectivity index (χ2n) is 5.57. The molecule has 0 saturated carbocycles. The Kier molecular flexibility index (Phi) is 4.09. The third-order valence-corrected chi connectivity index (χ3v) is 4.09. The molecule has 116 valence electrons. The Labute approximate surface area is 128 Å². The number of likely N-dealkylation sites (tertiary alicyclic amines) is 1. The zero-order valence-electron chi connectivity index (χ0n) is 12.5. The minimum absolute atomic E-state index is 0.173. The number of hydrogen-bond donors (Lipinski definition) is 1. The van der Waals surface area contributed by atoms with Gasteiger partial charge in [-0.3, -0.25) is 9.59 Å². The number of esters is 1. The number of nitrogens with one attached hydrogen (secondary N) is 1. The van der Waals surface area contributed by atoms with E-state index >= 15 is 0 Å². The van der Waals surface area contributed by atoms with Gasteiger partial charge in [-0.1, -0.05) is 12.1 Å². The van der Waals surface area contributed by atoms with Gasteiger partial charge in [0.05, 0.1) is 18.1 Å². The van der Waals surface area contributed by atoms with Crippen molar-refractivity contribution in [3.63, 3.8) is 0 Å². The van der Waals surface area contributed by atoms with E-state index in [1.807, 2.05) is 24.3 Å². The van der Waals surface area contributed by atoms with Crippen molar-refractivity contribution in [1.29, 1.82) is 0 Å². The lowest BCUT2D eigenvalue weighted by molar-refractivity contribution is -0.147. The van der Waals surface area contributed by atoms with E-state index in [1.165, 1.54) is 7.11 Å². The number of aromatic amines is 1. The first-order valence-electron chi connectivity index (χ1n) is 7.46. The highest BCUT2D eigenvalue weighted by atomic mass is 16.5. The zero-order chi connectivity index (χ0) is 15.5. The highest BCUT2D eigenvalue weighted by Crippen LogP contribution is 2.27. The van der Waals surface area contributed by atoms with Crippen LogP contribution in [0.15, 0.2) is 24.3 Å². The van der Waals surface area contributed by atoms with E-state index in [1.54, 1.807) is 4.90 Å². The minimum atomic E-state index is -0.490. The van der Waals surface area contributed by atoms with Crippen molar-refractivity contribution in [2.75, 3.05) is 20.2 Å². The van der Waals surface area contributed by atoms with Crippen molar-refractivity contribution >= 4 is 22.9 Å². The summed E-state index contributed by atoms with van der Waals surface area (Å²) in [6, 6.07) is 7.89. The molecule has 0 aliphatic carbocycles. The molecule has 6 heteroatoms. The standard InChI is InChI=1S/C16H19N3O3/c1-22-15(21)9-14(20)19-8-4-5-11(10-19)16-17-12-6-2-3-7-13(12)18-16/h2-3,6-7,11H,4-5,8-10H2,1H3,(H,17,18). The minimum Gasteiger partial charge on any atom is -0.469 e. The highest BCUT2D eigenvalue weighted by molar-refractivity contribution is 5.94. The maximum atomic E-state index is 12.1. The summed E-state index contributed by atoms with van der Waals surface area (Å²) in [6.45, 7) is 1.28. The lowest BCUT2D eigenvalue weighted by atomic mass is 9.97. The number of methoxy groups -OCH3 is 1. The van der Waals surface area contributed by atoms with E-state index in [4.69, 9.17) is 0 Å². The number of fused-ring (bicyclic) bond motifs is 1. The van der Waals surface area contributed by atoms with Crippen LogP contribution in [0, 0.1) is 0 Å². The van der Waals surface area contributed by atoms with Crippen molar-refractivity contribution in [2.24, 2.45) is 0 Å². The van der Waals surface area contributed by atoms with Gasteiger partial charge in [-0.25, -0.2) is 4.98 Å². The Morgan fingerprint density at radius 3 is 3.00 bits per heavy atom. The van der Waals surface area contributed by atoms with Gasteiger partial charge in [-0.15, -0.1) is 0 Å². The normalized spacial score (nSPS) is 18.4.